The van der Waals surface area contributed by atoms with Gasteiger partial charge in [0.15, 0.2) is 0 Å². The van der Waals surface area contributed by atoms with Gasteiger partial charge in [-0.25, -0.2) is 4.98 Å². The quantitative estimate of drug-likeness (QED) is 0.912. The number of hydrogen-bond acceptors (Lipinski definition) is 3. The summed E-state index contributed by atoms with van der Waals surface area (Å²) < 4.78 is 2.12. The molecular formula is C17H24N2OS. The maximum Gasteiger partial charge on any atom is 0.111 e. The lowest BCUT2D eigenvalue weighted by atomic mass is 10.1. The molecule has 2 rings (SSSR count). The van der Waals surface area contributed by atoms with Crippen molar-refractivity contribution in [2.45, 2.75) is 50.0 Å². The maximum absolute atomic E-state index is 9.19. The summed E-state index contributed by atoms with van der Waals surface area (Å²) >= 11 is 1.76. The summed E-state index contributed by atoms with van der Waals surface area (Å²) in [6.45, 7) is 8.71. The molecule has 0 aliphatic rings. The molecule has 1 aromatic carbocycles. The molecule has 0 aliphatic carbocycles. The third kappa shape index (κ3) is 3.69. The average Bonchev–Trinajstić information content (AvgIpc) is 2.67. The van der Waals surface area contributed by atoms with Gasteiger partial charge in [0, 0.05) is 18.4 Å². The van der Waals surface area contributed by atoms with Crippen molar-refractivity contribution >= 4 is 11.8 Å². The van der Waals surface area contributed by atoms with Gasteiger partial charge in [-0.2, -0.15) is 0 Å². The van der Waals surface area contributed by atoms with Crippen LogP contribution in [0.3, 0.4) is 0 Å². The van der Waals surface area contributed by atoms with E-state index in [1.807, 2.05) is 7.05 Å². The largest absolute Gasteiger partial charge is 0.396 e. The van der Waals surface area contributed by atoms with Gasteiger partial charge in [-0.15, -0.1) is 0 Å². The molecule has 0 spiro atoms. The predicted octanol–water partition coefficient (Wildman–Crippen LogP) is 3.85. The summed E-state index contributed by atoms with van der Waals surface area (Å²) in [4.78, 5) is 5.97. The Morgan fingerprint density at radius 2 is 1.81 bits per heavy atom. The van der Waals surface area contributed by atoms with Gasteiger partial charge in [0.2, 0.25) is 0 Å². The number of hydrogen-bond donors (Lipinski definition) is 1. The van der Waals surface area contributed by atoms with Crippen LogP contribution in [-0.2, 0) is 13.5 Å². The summed E-state index contributed by atoms with van der Waals surface area (Å²) in [5.74, 6) is 1.32. The van der Waals surface area contributed by atoms with Crippen molar-refractivity contribution < 1.29 is 5.11 Å². The fourth-order valence-corrected chi connectivity index (χ4v) is 3.82. The molecule has 0 bridgehead atoms. The van der Waals surface area contributed by atoms with Crippen LogP contribution in [0.1, 0.15) is 42.4 Å². The molecule has 1 heterocycles. The Hall–Kier alpha value is -1.26. The minimum atomic E-state index is 0.135. The van der Waals surface area contributed by atoms with Crippen LogP contribution in [0.5, 0.6) is 0 Å². The molecule has 1 N–H and O–H groups in total. The second-order valence-corrected chi connectivity index (χ2v) is 6.89. The molecule has 21 heavy (non-hydrogen) atoms. The number of aryl methyl sites for hydroxylation is 2. The summed E-state index contributed by atoms with van der Waals surface area (Å²) in [7, 11) is 2.04. The summed E-state index contributed by atoms with van der Waals surface area (Å²) in [5.41, 5.74) is 3.67. The van der Waals surface area contributed by atoms with E-state index in [2.05, 4.69) is 50.5 Å². The smallest absolute Gasteiger partial charge is 0.111 e. The van der Waals surface area contributed by atoms with E-state index < -0.39 is 0 Å². The molecule has 4 heteroatoms. The Labute approximate surface area is 131 Å². The Kier molecular flexibility index (Phi) is 5.12. The molecule has 0 unspecified atom stereocenters. The molecule has 2 aromatic rings. The van der Waals surface area contributed by atoms with Crippen LogP contribution in [0.4, 0.5) is 0 Å². The first-order valence-electron chi connectivity index (χ1n) is 7.35. The summed E-state index contributed by atoms with van der Waals surface area (Å²) in [6.07, 6.45) is 0.601. The Balaban J connectivity index is 2.42. The zero-order valence-electron chi connectivity index (χ0n) is 13.5. The zero-order chi connectivity index (χ0) is 15.6. The number of rotatable bonds is 5. The highest BCUT2D eigenvalue weighted by Gasteiger charge is 2.18. The van der Waals surface area contributed by atoms with E-state index in [-0.39, 0.29) is 6.61 Å². The monoisotopic (exact) mass is 304 g/mol. The Morgan fingerprint density at radius 1 is 1.19 bits per heavy atom. The van der Waals surface area contributed by atoms with Gasteiger partial charge in [-0.05, 0) is 43.0 Å². The highest BCUT2D eigenvalue weighted by atomic mass is 32.2. The zero-order valence-corrected chi connectivity index (χ0v) is 14.3. The first-order valence-corrected chi connectivity index (χ1v) is 8.16. The van der Waals surface area contributed by atoms with Crippen molar-refractivity contribution in [3.8, 4) is 0 Å². The molecule has 0 fully saturated rings. The van der Waals surface area contributed by atoms with E-state index >= 15 is 0 Å². The van der Waals surface area contributed by atoms with Crippen molar-refractivity contribution in [1.29, 1.82) is 0 Å². The normalized spacial score (nSPS) is 11.4. The van der Waals surface area contributed by atoms with Crippen LogP contribution < -0.4 is 0 Å². The first kappa shape index (κ1) is 16.1. The molecule has 0 amide bonds. The van der Waals surface area contributed by atoms with Gasteiger partial charge >= 0.3 is 0 Å². The van der Waals surface area contributed by atoms with Crippen LogP contribution in [0.25, 0.3) is 0 Å². The number of aliphatic hydroxyl groups is 1. The van der Waals surface area contributed by atoms with E-state index in [1.165, 1.54) is 21.0 Å². The van der Waals surface area contributed by atoms with Crippen LogP contribution >= 0.6 is 11.8 Å². The molecule has 0 saturated heterocycles. The van der Waals surface area contributed by atoms with Crippen LogP contribution in [-0.4, -0.2) is 21.3 Å². The van der Waals surface area contributed by atoms with Crippen molar-refractivity contribution in [3.63, 3.8) is 0 Å². The van der Waals surface area contributed by atoms with Gasteiger partial charge in [0.05, 0.1) is 12.3 Å². The third-order valence-corrected chi connectivity index (χ3v) is 4.60. The van der Waals surface area contributed by atoms with Gasteiger partial charge in [-0.1, -0.05) is 31.7 Å². The Morgan fingerprint density at radius 3 is 2.33 bits per heavy atom. The molecule has 0 saturated carbocycles. The number of aliphatic hydroxyl groups excluding tert-OH is 1. The number of imidazole rings is 1. The molecule has 0 atom stereocenters. The van der Waals surface area contributed by atoms with E-state index in [0.717, 1.165) is 11.5 Å². The van der Waals surface area contributed by atoms with E-state index in [4.69, 9.17) is 4.98 Å². The fraction of sp³-hybridized carbons (Fsp3) is 0.471. The lowest BCUT2D eigenvalue weighted by Crippen LogP contribution is -2.01. The molecule has 114 valence electrons. The fourth-order valence-electron chi connectivity index (χ4n) is 2.47. The maximum atomic E-state index is 9.19. The van der Waals surface area contributed by atoms with Crippen molar-refractivity contribution in [2.24, 2.45) is 7.05 Å². The van der Waals surface area contributed by atoms with E-state index in [9.17, 15) is 5.11 Å². The average molecular weight is 304 g/mol. The molecule has 1 aromatic heterocycles. The number of nitrogens with zero attached hydrogens (tertiary/aromatic N) is 2. The minimum absolute atomic E-state index is 0.135. The predicted molar refractivity (Wildman–Crippen MR) is 88.1 cm³/mol. The number of benzene rings is 1. The lowest BCUT2D eigenvalue weighted by molar-refractivity contribution is 0.295. The second kappa shape index (κ2) is 6.67. The standard InChI is InChI=1S/C17H24N2OS/c1-11(2)16-17(19(5)15(18-16)6-7-20)21-14-9-12(3)8-13(4)10-14/h8-11,20H,6-7H2,1-5H3. The van der Waals surface area contributed by atoms with Crippen molar-refractivity contribution in [3.05, 3.63) is 40.8 Å². The van der Waals surface area contributed by atoms with Crippen LogP contribution in [0.2, 0.25) is 0 Å². The van der Waals surface area contributed by atoms with Gasteiger partial charge in [-0.3, -0.25) is 0 Å². The molecule has 0 aliphatic heterocycles. The first-order chi connectivity index (χ1) is 9.92. The second-order valence-electron chi connectivity index (χ2n) is 5.83. The van der Waals surface area contributed by atoms with Gasteiger partial charge in [0.25, 0.3) is 0 Å². The summed E-state index contributed by atoms with van der Waals surface area (Å²) in [6, 6.07) is 6.61. The Bertz CT molecular complexity index is 612. The lowest BCUT2D eigenvalue weighted by Gasteiger charge is -2.10. The van der Waals surface area contributed by atoms with Crippen molar-refractivity contribution in [2.75, 3.05) is 6.61 Å². The molecule has 0 radical (unpaired) electrons. The minimum Gasteiger partial charge on any atom is -0.396 e. The molecular weight excluding hydrogens is 280 g/mol. The van der Waals surface area contributed by atoms with Crippen LogP contribution in [0, 0.1) is 13.8 Å². The topological polar surface area (TPSA) is 38.1 Å². The summed E-state index contributed by atoms with van der Waals surface area (Å²) in [5, 5.41) is 10.4. The highest BCUT2D eigenvalue weighted by Crippen LogP contribution is 2.35. The van der Waals surface area contributed by atoms with Crippen molar-refractivity contribution in [1.82, 2.24) is 9.55 Å². The van der Waals surface area contributed by atoms with E-state index in [1.54, 1.807) is 11.8 Å². The number of aromatic nitrogens is 2. The van der Waals surface area contributed by atoms with Gasteiger partial charge in [0.1, 0.15) is 10.9 Å². The van der Waals surface area contributed by atoms with Crippen LogP contribution in [0.15, 0.2) is 28.1 Å². The van der Waals surface area contributed by atoms with Gasteiger partial charge < -0.3 is 9.67 Å². The van der Waals surface area contributed by atoms with E-state index in [0.29, 0.717) is 12.3 Å². The third-order valence-electron chi connectivity index (χ3n) is 3.45. The SMILES string of the molecule is Cc1cc(C)cc(Sc2c(C(C)C)nc(CCO)n2C)c1. The highest BCUT2D eigenvalue weighted by molar-refractivity contribution is 7.99. The molecule has 3 nitrogen and oxygen atoms in total.